The Bertz CT molecular complexity index is 4600. The quantitative estimate of drug-likeness (QED) is 0.0232. The molecule has 18 heteroatoms. The fraction of sp³-hybridized carbons (Fsp3) is 0.237. The molecule has 0 saturated carbocycles. The third-order valence-corrected chi connectivity index (χ3v) is 16.6. The van der Waals surface area contributed by atoms with Crippen molar-refractivity contribution in [1.82, 2.24) is 55.6 Å². The molecule has 0 aliphatic carbocycles. The van der Waals surface area contributed by atoms with E-state index in [0.29, 0.717) is 30.2 Å². The van der Waals surface area contributed by atoms with Crippen LogP contribution in [0.3, 0.4) is 0 Å². The molecule has 0 saturated heterocycles. The zero-order valence-corrected chi connectivity index (χ0v) is 54.4. The maximum absolute atomic E-state index is 13.3. The first kappa shape index (κ1) is 65.4. The summed E-state index contributed by atoms with van der Waals surface area (Å²) in [4.78, 5) is 81.9. The Balaban J connectivity index is 0.00000901. The van der Waals surface area contributed by atoms with Gasteiger partial charge in [0, 0.05) is 50.7 Å². The number of carbonyl (C=O) groups is 4. The Labute approximate surface area is 557 Å². The molecule has 4 aromatic carbocycles. The minimum absolute atomic E-state index is 0. The molecule has 17 nitrogen and oxygen atoms in total. The van der Waals surface area contributed by atoms with Crippen LogP contribution in [0.5, 0.6) is 0 Å². The number of aromatic nitrogens is 7. The predicted molar refractivity (Wildman–Crippen MR) is 374 cm³/mol. The Hall–Kier alpha value is -10.1. The van der Waals surface area contributed by atoms with Gasteiger partial charge in [-0.2, -0.15) is 0 Å². The van der Waals surface area contributed by atoms with Gasteiger partial charge in [-0.1, -0.05) is 132 Å². The average molecular weight is 1290 g/mol. The maximum Gasteiger partial charge on any atom is 2.00 e. The smallest absolute Gasteiger partial charge is 0.657 e. The number of hydrogen-bond donors (Lipinski definition) is 6. The number of nitrogens with one attached hydrogen (secondary N) is 6. The van der Waals surface area contributed by atoms with Crippen LogP contribution in [-0.4, -0.2) is 87.2 Å². The van der Waals surface area contributed by atoms with E-state index in [0.717, 1.165) is 169 Å². The third-order valence-electron chi connectivity index (χ3n) is 16.6. The summed E-state index contributed by atoms with van der Waals surface area (Å²) in [6.45, 7) is 12.6. The van der Waals surface area contributed by atoms with Crippen LogP contribution in [0.2, 0.25) is 0 Å². The fourth-order valence-electron chi connectivity index (χ4n) is 11.7. The number of pyridine rings is 2. The Morgan fingerprint density at radius 2 is 0.787 bits per heavy atom. The number of unbranched alkanes of at least 4 members (excludes halogenated alkanes) is 1. The molecule has 0 fully saturated rings. The monoisotopic (exact) mass is 1290 g/mol. The van der Waals surface area contributed by atoms with Gasteiger partial charge in [-0.3, -0.25) is 23.6 Å². The molecule has 476 valence electrons. The van der Waals surface area contributed by atoms with Crippen LogP contribution >= 0.6 is 0 Å². The molecular formula is C76H75FeN13O4. The van der Waals surface area contributed by atoms with Crippen LogP contribution in [-0.2, 0) is 36.2 Å². The summed E-state index contributed by atoms with van der Waals surface area (Å²) in [5.41, 5.74) is 21.0. The van der Waals surface area contributed by atoms with Crippen molar-refractivity contribution < 1.29 is 36.2 Å². The van der Waals surface area contributed by atoms with E-state index in [4.69, 9.17) is 19.9 Å². The standard InChI is InChI=1S/C76H77N13O4.Fe/c1-48-11-17-52(18-12-48)71-57-27-29-59(82-57)72(53-19-13-49(2)14-20-53)61-31-33-63(84-61)74(64-34-32-62(85-64)73(60-30-28-58(71)83-60)54-21-15-50(3)16-22-54)55-23-25-56(26-24-55)81-69(92)39-37-67(90)79-45-8-43-77-41-5-6-42-78-44-9-46-80-68(91)38-40-70(93)87-66-36-35-65-76(88-66)89-47-7-10-51(4)75(89)86-65;/h7,10-36,47,77-78H,5-6,8-9,37-46H2,1-4H3,(H6,79,80,81,82,83,84,85,87,88,90,91,92,93);/q;+2/p-2. The van der Waals surface area contributed by atoms with Crippen molar-refractivity contribution in [2.24, 2.45) is 0 Å². The molecule has 10 aromatic rings. The van der Waals surface area contributed by atoms with Crippen LogP contribution in [0.15, 0.2) is 152 Å². The number of amides is 4. The number of hydrogen-bond acceptors (Lipinski definition) is 10. The van der Waals surface area contributed by atoms with E-state index < -0.39 is 0 Å². The van der Waals surface area contributed by atoms with Gasteiger partial charge in [0.15, 0.2) is 5.65 Å². The van der Waals surface area contributed by atoms with Gasteiger partial charge in [-0.25, -0.2) is 19.9 Å². The maximum atomic E-state index is 13.3. The minimum Gasteiger partial charge on any atom is -0.657 e. The minimum atomic E-state index is -0.273. The van der Waals surface area contributed by atoms with Crippen LogP contribution in [0, 0.1) is 27.7 Å². The zero-order chi connectivity index (χ0) is 64.2. The molecule has 6 aromatic heterocycles. The molecule has 8 heterocycles. The van der Waals surface area contributed by atoms with Gasteiger partial charge in [-0.05, 0) is 184 Å². The van der Waals surface area contributed by atoms with Crippen molar-refractivity contribution in [2.45, 2.75) is 79.1 Å². The van der Waals surface area contributed by atoms with Crippen LogP contribution in [0.4, 0.5) is 11.5 Å². The van der Waals surface area contributed by atoms with Gasteiger partial charge in [-0.15, -0.1) is 22.1 Å². The number of nitrogens with zero attached hydrogens (tertiary/aromatic N) is 7. The second-order valence-electron chi connectivity index (χ2n) is 23.8. The van der Waals surface area contributed by atoms with Crippen molar-refractivity contribution in [3.05, 3.63) is 197 Å². The van der Waals surface area contributed by atoms with Crippen molar-refractivity contribution >= 4 is 98.3 Å². The molecule has 8 bridgehead atoms. The first-order valence-corrected chi connectivity index (χ1v) is 32.0. The van der Waals surface area contributed by atoms with Gasteiger partial charge in [0.05, 0.1) is 22.8 Å². The SMILES string of the molecule is Cc1ccc(-c2c3nc(c(-c4ccc(C)cc4)c4ccc([n-]4)c(-c4ccc(NC(=O)CCC(=O)NCCCNCCCCNCCCNC(=O)CCC(=O)Nc5ccc6nc7c(C)cccn7c6n5)cc4)c4nc(c(-c5ccc(C)cc5)c5ccc2[n-]5)C=C4)C=C3)cc1.[Fe+2]. The number of imidazole rings is 1. The zero-order valence-electron chi connectivity index (χ0n) is 53.3. The number of carbonyl (C=O) groups excluding carboxylic acids is 4. The molecule has 0 spiro atoms. The first-order chi connectivity index (χ1) is 45.4. The fourth-order valence-corrected chi connectivity index (χ4v) is 11.7. The Kier molecular flexibility index (Phi) is 21.3. The van der Waals surface area contributed by atoms with E-state index in [2.05, 4.69) is 172 Å². The topological polar surface area (TPSA) is 225 Å². The number of anilines is 2. The Morgan fingerprint density at radius 3 is 1.22 bits per heavy atom. The molecule has 12 rings (SSSR count). The van der Waals surface area contributed by atoms with Crippen LogP contribution in [0.1, 0.15) is 96.4 Å². The van der Waals surface area contributed by atoms with Crippen molar-refractivity contribution in [3.8, 4) is 44.5 Å². The van der Waals surface area contributed by atoms with Crippen LogP contribution in [0.25, 0.3) is 108 Å². The summed E-state index contributed by atoms with van der Waals surface area (Å²) in [6, 6.07) is 48.9. The van der Waals surface area contributed by atoms with Gasteiger partial charge in [0.2, 0.25) is 23.6 Å². The number of rotatable bonds is 25. The second-order valence-corrected chi connectivity index (χ2v) is 23.8. The number of fused-ring (bicyclic) bond motifs is 11. The van der Waals surface area contributed by atoms with Gasteiger partial charge < -0.3 is 41.9 Å². The third kappa shape index (κ3) is 15.8. The summed E-state index contributed by atoms with van der Waals surface area (Å²) < 4.78 is 1.90. The summed E-state index contributed by atoms with van der Waals surface area (Å²) in [7, 11) is 0. The van der Waals surface area contributed by atoms with E-state index in [1.807, 2.05) is 72.1 Å². The summed E-state index contributed by atoms with van der Waals surface area (Å²) in [5, 5.41) is 18.5. The van der Waals surface area contributed by atoms with Crippen molar-refractivity contribution in [2.75, 3.05) is 49.9 Å². The molecule has 0 radical (unpaired) electrons. The molecule has 0 atom stereocenters. The van der Waals surface area contributed by atoms with Crippen LogP contribution < -0.4 is 41.9 Å². The molecule has 6 N–H and O–H groups in total. The normalized spacial score (nSPS) is 11.7. The summed E-state index contributed by atoms with van der Waals surface area (Å²) in [6.07, 6.45) is 14.0. The van der Waals surface area contributed by atoms with Crippen molar-refractivity contribution in [3.63, 3.8) is 0 Å². The second kappa shape index (κ2) is 30.6. The molecule has 4 amide bonds. The molecule has 2 aliphatic heterocycles. The van der Waals surface area contributed by atoms with Gasteiger partial charge in [0.25, 0.3) is 0 Å². The number of aryl methyl sites for hydroxylation is 4. The average Bonchev–Trinajstić information content (AvgIpc) is 1.62. The number of benzene rings is 4. The summed E-state index contributed by atoms with van der Waals surface area (Å²) in [5.74, 6) is -0.441. The summed E-state index contributed by atoms with van der Waals surface area (Å²) >= 11 is 0. The first-order valence-electron chi connectivity index (χ1n) is 32.0. The molecular weight excluding hydrogens is 1210 g/mol. The predicted octanol–water partition coefficient (Wildman–Crippen LogP) is 13.1. The Morgan fingerprint density at radius 1 is 0.394 bits per heavy atom. The van der Waals surface area contributed by atoms with E-state index in [1.54, 1.807) is 6.07 Å². The molecule has 94 heavy (non-hydrogen) atoms. The van der Waals surface area contributed by atoms with E-state index >= 15 is 0 Å². The van der Waals surface area contributed by atoms with E-state index in [-0.39, 0.29) is 66.4 Å². The largest absolute Gasteiger partial charge is 2.00 e. The van der Waals surface area contributed by atoms with Gasteiger partial charge >= 0.3 is 17.1 Å². The molecule has 2 aliphatic rings. The molecule has 0 unspecified atom stereocenters. The van der Waals surface area contributed by atoms with Crippen molar-refractivity contribution in [1.29, 1.82) is 0 Å². The van der Waals surface area contributed by atoms with E-state index in [9.17, 15) is 19.2 Å². The van der Waals surface area contributed by atoms with Gasteiger partial charge in [0.1, 0.15) is 17.0 Å². The van der Waals surface area contributed by atoms with E-state index in [1.165, 1.54) is 5.56 Å².